The molecule has 88 valence electrons. The molecule has 0 bridgehead atoms. The zero-order valence-corrected chi connectivity index (χ0v) is 10.3. The maximum absolute atomic E-state index is 5.72. The van der Waals surface area contributed by atoms with Crippen molar-refractivity contribution < 1.29 is 9.68 Å². The minimum atomic E-state index is -0.391. The first kappa shape index (κ1) is 11.3. The van der Waals surface area contributed by atoms with Crippen LogP contribution in [0.25, 0.3) is 0 Å². The molecule has 5 heteroatoms. The Morgan fingerprint density at radius 2 is 1.44 bits per heavy atom. The predicted molar refractivity (Wildman–Crippen MR) is 59.6 cm³/mol. The molecule has 5 nitrogen and oxygen atoms in total. The lowest BCUT2D eigenvalue weighted by Crippen LogP contribution is -2.41. The highest BCUT2D eigenvalue weighted by molar-refractivity contribution is 5.37. The summed E-state index contributed by atoms with van der Waals surface area (Å²) >= 11 is 0. The van der Waals surface area contributed by atoms with Crippen LogP contribution in [0.1, 0.15) is 33.5 Å². The van der Waals surface area contributed by atoms with E-state index in [2.05, 4.69) is 9.97 Å². The fourth-order valence-corrected chi connectivity index (χ4v) is 1.24. The van der Waals surface area contributed by atoms with Crippen molar-refractivity contribution in [1.82, 2.24) is 9.97 Å². The highest BCUT2D eigenvalue weighted by Gasteiger charge is 2.50. The van der Waals surface area contributed by atoms with Crippen LogP contribution in [-0.4, -0.2) is 21.2 Å². The molecular formula is C11H17N3O2. The Balaban J connectivity index is 2.23. The van der Waals surface area contributed by atoms with E-state index in [0.717, 1.165) is 5.82 Å². The van der Waals surface area contributed by atoms with Crippen molar-refractivity contribution in [3.05, 3.63) is 18.2 Å². The van der Waals surface area contributed by atoms with Gasteiger partial charge in [0.25, 0.3) is 0 Å². The second-order valence-electron chi connectivity index (χ2n) is 4.95. The van der Waals surface area contributed by atoms with E-state index in [1.165, 1.54) is 5.23 Å². The molecule has 0 spiro atoms. The van der Waals surface area contributed by atoms with Gasteiger partial charge in [0.2, 0.25) is 0 Å². The van der Waals surface area contributed by atoms with Crippen LogP contribution in [-0.2, 0) is 9.68 Å². The Kier molecular flexibility index (Phi) is 2.40. The molecule has 0 unspecified atom stereocenters. The summed E-state index contributed by atoms with van der Waals surface area (Å²) in [5.41, 5.74) is -0.0836. The van der Waals surface area contributed by atoms with Gasteiger partial charge in [0.05, 0.1) is 12.4 Å². The van der Waals surface area contributed by atoms with Crippen molar-refractivity contribution in [3.8, 4) is 0 Å². The van der Waals surface area contributed by atoms with Crippen LogP contribution in [0.3, 0.4) is 0 Å². The Morgan fingerprint density at radius 1 is 1.00 bits per heavy atom. The van der Waals surface area contributed by atoms with Gasteiger partial charge < -0.3 is 0 Å². The normalized spacial score (nSPS) is 22.4. The van der Waals surface area contributed by atoms with Gasteiger partial charge in [0, 0.05) is 0 Å². The largest absolute Gasteiger partial charge is 0.239 e. The topological polar surface area (TPSA) is 47.5 Å². The van der Waals surface area contributed by atoms with E-state index in [-0.39, 0.29) is 0 Å². The summed E-state index contributed by atoms with van der Waals surface area (Å²) in [5.74, 6) is 0.724. The highest BCUT2D eigenvalue weighted by Crippen LogP contribution is 2.39. The molecule has 1 saturated heterocycles. The molecule has 2 heterocycles. The molecule has 1 aromatic heterocycles. The Bertz CT molecular complexity index is 371. The van der Waals surface area contributed by atoms with Crippen LogP contribution in [0.4, 0.5) is 5.69 Å². The fraction of sp³-hybridized carbons (Fsp3) is 0.636. The van der Waals surface area contributed by atoms with E-state index < -0.39 is 11.2 Å². The zero-order valence-electron chi connectivity index (χ0n) is 10.3. The van der Waals surface area contributed by atoms with Gasteiger partial charge >= 0.3 is 0 Å². The van der Waals surface area contributed by atoms with Crippen molar-refractivity contribution in [2.75, 3.05) is 5.23 Å². The molecule has 1 fully saturated rings. The van der Waals surface area contributed by atoms with Gasteiger partial charge in [-0.05, 0) is 34.6 Å². The molecule has 0 aromatic carbocycles. The number of aryl methyl sites for hydroxylation is 1. The SMILES string of the molecule is Cc1ncc(N2OC(C)(C)C(C)(C)O2)cn1. The summed E-state index contributed by atoms with van der Waals surface area (Å²) in [6.07, 6.45) is 3.36. The van der Waals surface area contributed by atoms with Gasteiger partial charge in [0.15, 0.2) is 0 Å². The third kappa shape index (κ3) is 1.76. The first-order chi connectivity index (χ1) is 7.32. The minimum Gasteiger partial charge on any atom is -0.239 e. The molecule has 0 amide bonds. The van der Waals surface area contributed by atoms with E-state index in [1.807, 2.05) is 34.6 Å². The lowest BCUT2D eigenvalue weighted by molar-refractivity contribution is -0.0275. The van der Waals surface area contributed by atoms with Crippen molar-refractivity contribution >= 4 is 5.69 Å². The molecule has 1 aliphatic rings. The van der Waals surface area contributed by atoms with Crippen LogP contribution < -0.4 is 5.23 Å². The van der Waals surface area contributed by atoms with Crippen LogP contribution in [0, 0.1) is 6.92 Å². The smallest absolute Gasteiger partial charge is 0.131 e. The second-order valence-corrected chi connectivity index (χ2v) is 4.95. The fourth-order valence-electron chi connectivity index (χ4n) is 1.24. The molecule has 0 atom stereocenters. The summed E-state index contributed by atoms with van der Waals surface area (Å²) < 4.78 is 0. The van der Waals surface area contributed by atoms with Crippen molar-refractivity contribution in [3.63, 3.8) is 0 Å². The summed E-state index contributed by atoms with van der Waals surface area (Å²) in [5, 5.41) is 1.39. The van der Waals surface area contributed by atoms with E-state index in [0.29, 0.717) is 5.69 Å². The summed E-state index contributed by atoms with van der Waals surface area (Å²) in [6, 6.07) is 0. The number of hydrogen-bond donors (Lipinski definition) is 0. The lowest BCUT2D eigenvalue weighted by atomic mass is 9.90. The molecule has 1 aliphatic heterocycles. The van der Waals surface area contributed by atoms with Crippen molar-refractivity contribution in [1.29, 1.82) is 0 Å². The molecule has 0 aliphatic carbocycles. The number of anilines is 1. The van der Waals surface area contributed by atoms with Gasteiger partial charge in [-0.25, -0.2) is 19.6 Å². The molecule has 2 rings (SSSR count). The maximum atomic E-state index is 5.72. The number of aromatic nitrogens is 2. The number of hydrogen-bond acceptors (Lipinski definition) is 5. The second kappa shape index (κ2) is 3.40. The minimum absolute atomic E-state index is 0.391. The van der Waals surface area contributed by atoms with Crippen LogP contribution >= 0.6 is 0 Å². The van der Waals surface area contributed by atoms with E-state index in [1.54, 1.807) is 12.4 Å². The van der Waals surface area contributed by atoms with Gasteiger partial charge in [-0.15, -0.1) is 5.23 Å². The molecule has 0 radical (unpaired) electrons. The van der Waals surface area contributed by atoms with Crippen LogP contribution in [0.5, 0.6) is 0 Å². The number of rotatable bonds is 1. The third-order valence-corrected chi connectivity index (χ3v) is 3.05. The lowest BCUT2D eigenvalue weighted by Gasteiger charge is -2.26. The van der Waals surface area contributed by atoms with Crippen LogP contribution in [0.15, 0.2) is 12.4 Å². The average molecular weight is 223 g/mol. The van der Waals surface area contributed by atoms with Gasteiger partial charge in [-0.3, -0.25) is 0 Å². The zero-order chi connectivity index (χ0) is 12.0. The molecule has 1 aromatic rings. The van der Waals surface area contributed by atoms with Crippen molar-refractivity contribution in [2.45, 2.75) is 45.8 Å². The van der Waals surface area contributed by atoms with Gasteiger partial charge in [-0.2, -0.15) is 0 Å². The standard InChI is InChI=1S/C11H17N3O2/c1-8-12-6-9(7-13-8)14-15-10(2,3)11(4,5)16-14/h6-7H,1-5H3. The van der Waals surface area contributed by atoms with E-state index >= 15 is 0 Å². The highest BCUT2D eigenvalue weighted by atomic mass is 17.0. The van der Waals surface area contributed by atoms with Crippen LogP contribution in [0.2, 0.25) is 0 Å². The molecule has 16 heavy (non-hydrogen) atoms. The summed E-state index contributed by atoms with van der Waals surface area (Å²) in [6.45, 7) is 9.79. The van der Waals surface area contributed by atoms with Gasteiger partial charge in [-0.1, -0.05) is 0 Å². The summed E-state index contributed by atoms with van der Waals surface area (Å²) in [7, 11) is 0. The molecule has 0 saturated carbocycles. The average Bonchev–Trinajstić information content (AvgIpc) is 2.37. The predicted octanol–water partition coefficient (Wildman–Crippen LogP) is 2.03. The third-order valence-electron chi connectivity index (χ3n) is 3.05. The summed E-state index contributed by atoms with van der Waals surface area (Å²) in [4.78, 5) is 19.7. The monoisotopic (exact) mass is 223 g/mol. The Labute approximate surface area is 95.3 Å². The van der Waals surface area contributed by atoms with E-state index in [9.17, 15) is 0 Å². The van der Waals surface area contributed by atoms with Gasteiger partial charge in [0.1, 0.15) is 22.7 Å². The molecule has 0 N–H and O–H groups in total. The van der Waals surface area contributed by atoms with E-state index in [4.69, 9.17) is 9.68 Å². The maximum Gasteiger partial charge on any atom is 0.131 e. The first-order valence-electron chi connectivity index (χ1n) is 5.29. The molecular weight excluding hydrogens is 206 g/mol. The number of nitrogens with zero attached hydrogens (tertiary/aromatic N) is 3. The first-order valence-corrected chi connectivity index (χ1v) is 5.29. The Hall–Kier alpha value is -1.20. The van der Waals surface area contributed by atoms with Crippen molar-refractivity contribution in [2.24, 2.45) is 0 Å². The Morgan fingerprint density at radius 3 is 1.88 bits per heavy atom. The quantitative estimate of drug-likeness (QED) is 0.729.